The van der Waals surface area contributed by atoms with E-state index in [4.69, 9.17) is 18.9 Å². The normalized spacial score (nSPS) is 11.1. The van der Waals surface area contributed by atoms with Crippen LogP contribution in [-0.2, 0) is 13.2 Å². The van der Waals surface area contributed by atoms with Gasteiger partial charge in [0.15, 0.2) is 22.9 Å². The third-order valence-electron chi connectivity index (χ3n) is 9.33. The fourth-order valence-corrected chi connectivity index (χ4v) is 6.37. The second kappa shape index (κ2) is 16.0. The van der Waals surface area contributed by atoms with Gasteiger partial charge in [0.25, 0.3) is 0 Å². The smallest absolute Gasteiger partial charge is 0.192 e. The lowest BCUT2D eigenvalue weighted by molar-refractivity contribution is 0.296. The predicted octanol–water partition coefficient (Wildman–Crippen LogP) is 7.85. The van der Waals surface area contributed by atoms with E-state index in [1.165, 1.54) is 0 Å². The van der Waals surface area contributed by atoms with Crippen molar-refractivity contribution in [3.05, 3.63) is 158 Å². The largest absolute Gasteiger partial charge is 0.497 e. The van der Waals surface area contributed by atoms with Gasteiger partial charge in [0.2, 0.25) is 0 Å². The summed E-state index contributed by atoms with van der Waals surface area (Å²) < 4.78 is 26.1. The van der Waals surface area contributed by atoms with Crippen molar-refractivity contribution in [3.63, 3.8) is 0 Å². The number of pyridine rings is 2. The molecule has 0 saturated heterocycles. The van der Waals surface area contributed by atoms with Gasteiger partial charge >= 0.3 is 0 Å². The van der Waals surface area contributed by atoms with E-state index in [1.807, 2.05) is 133 Å². The molecule has 0 fully saturated rings. The number of methoxy groups -OCH3 is 2. The standard InChI is InChI=1S/2C22H17N5O2/c2*1-28-16-7-8-17-19(13-16)23-12-11-20(17)29-14-22-25-24-21-10-9-18(26-27(21)22)15-5-3-2-4-6-15/h2*2-13H,14H2,1H3. The molecule has 0 radical (unpaired) electrons. The van der Waals surface area contributed by atoms with Crippen molar-refractivity contribution in [2.24, 2.45) is 0 Å². The van der Waals surface area contributed by atoms with Crippen LogP contribution < -0.4 is 18.9 Å². The quantitative estimate of drug-likeness (QED) is 0.133. The van der Waals surface area contributed by atoms with Crippen LogP contribution in [0.4, 0.5) is 0 Å². The molecule has 4 aromatic carbocycles. The number of aromatic nitrogens is 10. The number of fused-ring (bicyclic) bond motifs is 4. The van der Waals surface area contributed by atoms with E-state index in [0.717, 1.165) is 55.8 Å². The molecule has 284 valence electrons. The van der Waals surface area contributed by atoms with Crippen molar-refractivity contribution in [1.29, 1.82) is 0 Å². The summed E-state index contributed by atoms with van der Waals surface area (Å²) in [4.78, 5) is 8.77. The predicted molar refractivity (Wildman–Crippen MR) is 218 cm³/mol. The van der Waals surface area contributed by atoms with E-state index < -0.39 is 0 Å². The maximum Gasteiger partial charge on any atom is 0.192 e. The summed E-state index contributed by atoms with van der Waals surface area (Å²) in [5.41, 5.74) is 6.71. The number of benzene rings is 4. The Balaban J connectivity index is 0.000000150. The highest BCUT2D eigenvalue weighted by molar-refractivity contribution is 5.86. The van der Waals surface area contributed by atoms with E-state index in [-0.39, 0.29) is 13.2 Å². The molecule has 0 saturated carbocycles. The molecule has 0 atom stereocenters. The fraction of sp³-hybridized carbons (Fsp3) is 0.0909. The van der Waals surface area contributed by atoms with Crippen LogP contribution >= 0.6 is 0 Å². The Labute approximate surface area is 331 Å². The van der Waals surface area contributed by atoms with Gasteiger partial charge in [-0.15, -0.1) is 20.4 Å². The summed E-state index contributed by atoms with van der Waals surface area (Å²) in [5.74, 6) is 4.18. The number of ether oxygens (including phenoxy) is 4. The Kier molecular flexibility index (Phi) is 9.84. The van der Waals surface area contributed by atoms with Crippen LogP contribution in [0.3, 0.4) is 0 Å². The number of hydrogen-bond acceptors (Lipinski definition) is 12. The lowest BCUT2D eigenvalue weighted by atomic mass is 10.1. The van der Waals surface area contributed by atoms with E-state index in [0.29, 0.717) is 34.4 Å². The van der Waals surface area contributed by atoms with Gasteiger partial charge in [0.05, 0.1) is 36.6 Å². The molecular formula is C44H34N10O4. The molecule has 0 bridgehead atoms. The Morgan fingerprint density at radius 3 is 1.34 bits per heavy atom. The first-order chi connectivity index (χ1) is 28.6. The van der Waals surface area contributed by atoms with Gasteiger partial charge in [0, 0.05) is 46.4 Å². The van der Waals surface area contributed by atoms with Crippen LogP contribution in [0.25, 0.3) is 55.6 Å². The summed E-state index contributed by atoms with van der Waals surface area (Å²) >= 11 is 0. The van der Waals surface area contributed by atoms with E-state index in [1.54, 1.807) is 35.6 Å². The van der Waals surface area contributed by atoms with E-state index in [2.05, 4.69) is 40.6 Å². The van der Waals surface area contributed by atoms with Crippen LogP contribution in [-0.4, -0.2) is 63.8 Å². The van der Waals surface area contributed by atoms with Gasteiger partial charge in [-0.25, -0.2) is 0 Å². The Morgan fingerprint density at radius 1 is 0.466 bits per heavy atom. The summed E-state index contributed by atoms with van der Waals surface area (Å²) in [7, 11) is 3.27. The molecule has 0 spiro atoms. The zero-order valence-corrected chi connectivity index (χ0v) is 31.4. The molecular weight excluding hydrogens is 733 g/mol. The summed E-state index contributed by atoms with van der Waals surface area (Å²) in [5, 5.41) is 28.0. The Hall–Kier alpha value is -8.00. The Morgan fingerprint density at radius 2 is 0.914 bits per heavy atom. The van der Waals surface area contributed by atoms with Gasteiger partial charge in [-0.2, -0.15) is 19.2 Å². The average molecular weight is 767 g/mol. The molecule has 0 aliphatic heterocycles. The van der Waals surface area contributed by atoms with Gasteiger partial charge in [-0.1, -0.05) is 60.7 Å². The molecule has 10 aromatic rings. The number of hydrogen-bond donors (Lipinski definition) is 0. The molecule has 0 aliphatic carbocycles. The highest BCUT2D eigenvalue weighted by atomic mass is 16.5. The van der Waals surface area contributed by atoms with Crippen molar-refractivity contribution < 1.29 is 18.9 Å². The van der Waals surface area contributed by atoms with Crippen LogP contribution in [0.2, 0.25) is 0 Å². The van der Waals surface area contributed by atoms with E-state index >= 15 is 0 Å². The third-order valence-corrected chi connectivity index (χ3v) is 9.33. The van der Waals surface area contributed by atoms with Crippen LogP contribution in [0, 0.1) is 0 Å². The first-order valence-corrected chi connectivity index (χ1v) is 18.3. The molecule has 58 heavy (non-hydrogen) atoms. The molecule has 0 amide bonds. The molecule has 0 aliphatic rings. The lowest BCUT2D eigenvalue weighted by Crippen LogP contribution is -2.05. The zero-order chi connectivity index (χ0) is 39.3. The van der Waals surface area contributed by atoms with Crippen molar-refractivity contribution in [3.8, 4) is 45.5 Å². The monoisotopic (exact) mass is 766 g/mol. The van der Waals surface area contributed by atoms with Gasteiger partial charge < -0.3 is 18.9 Å². The summed E-state index contributed by atoms with van der Waals surface area (Å²) in [6, 6.07) is 42.7. The second-order valence-electron chi connectivity index (χ2n) is 12.9. The summed E-state index contributed by atoms with van der Waals surface area (Å²) in [6.07, 6.45) is 3.43. The Bertz CT molecular complexity index is 2810. The minimum atomic E-state index is 0.234. The SMILES string of the molecule is COc1ccc2c(OCc3nnc4ccc(-c5ccccc5)nn34)ccnc2c1.COc1ccc2c(OCc3nnc4ccc(-c5ccccc5)nn34)ccnc2c1. The van der Waals surface area contributed by atoms with E-state index in [9.17, 15) is 0 Å². The molecule has 14 heteroatoms. The minimum Gasteiger partial charge on any atom is -0.497 e. The van der Waals surface area contributed by atoms with Gasteiger partial charge in [0.1, 0.15) is 36.2 Å². The number of rotatable bonds is 10. The maximum atomic E-state index is 6.05. The fourth-order valence-electron chi connectivity index (χ4n) is 6.37. The van der Waals surface area contributed by atoms with Gasteiger partial charge in [-0.05, 0) is 60.7 Å². The van der Waals surface area contributed by atoms with Crippen LogP contribution in [0.1, 0.15) is 11.6 Å². The molecule has 0 unspecified atom stereocenters. The van der Waals surface area contributed by atoms with Crippen molar-refractivity contribution >= 4 is 33.1 Å². The van der Waals surface area contributed by atoms with Crippen molar-refractivity contribution in [2.75, 3.05) is 14.2 Å². The molecule has 10 rings (SSSR count). The molecule has 6 heterocycles. The highest BCUT2D eigenvalue weighted by Gasteiger charge is 2.13. The average Bonchev–Trinajstić information content (AvgIpc) is 3.90. The maximum absolute atomic E-state index is 6.05. The second-order valence-corrected chi connectivity index (χ2v) is 12.9. The first kappa shape index (κ1) is 35.7. The van der Waals surface area contributed by atoms with Crippen LogP contribution in [0.5, 0.6) is 23.0 Å². The minimum absolute atomic E-state index is 0.234. The highest BCUT2D eigenvalue weighted by Crippen LogP contribution is 2.29. The van der Waals surface area contributed by atoms with Gasteiger partial charge in [-0.3, -0.25) is 9.97 Å². The van der Waals surface area contributed by atoms with Crippen molar-refractivity contribution in [2.45, 2.75) is 13.2 Å². The van der Waals surface area contributed by atoms with Crippen LogP contribution in [0.15, 0.2) is 146 Å². The topological polar surface area (TPSA) is 149 Å². The molecule has 14 nitrogen and oxygen atoms in total. The summed E-state index contributed by atoms with van der Waals surface area (Å²) in [6.45, 7) is 0.467. The zero-order valence-electron chi connectivity index (χ0n) is 31.4. The lowest BCUT2D eigenvalue weighted by Gasteiger charge is -2.09. The van der Waals surface area contributed by atoms with Crippen molar-refractivity contribution in [1.82, 2.24) is 49.6 Å². The first-order valence-electron chi connectivity index (χ1n) is 18.3. The molecule has 0 N–H and O–H groups in total. The third kappa shape index (κ3) is 7.36. The number of nitrogens with zero attached hydrogens (tertiary/aromatic N) is 10. The molecule has 6 aromatic heterocycles.